The van der Waals surface area contributed by atoms with Crippen LogP contribution in [0.25, 0.3) is 11.3 Å². The summed E-state index contributed by atoms with van der Waals surface area (Å²) in [7, 11) is 0. The minimum absolute atomic E-state index is 0.129. The Hall–Kier alpha value is -3.61. The van der Waals surface area contributed by atoms with E-state index < -0.39 is 6.10 Å². The van der Waals surface area contributed by atoms with Crippen LogP contribution < -0.4 is 19.5 Å². The van der Waals surface area contributed by atoms with Crippen LogP contribution in [0.5, 0.6) is 17.2 Å². The van der Waals surface area contributed by atoms with Gasteiger partial charge in [0.15, 0.2) is 11.5 Å². The number of ether oxygens (including phenoxy) is 3. The second-order valence-corrected chi connectivity index (χ2v) is 7.82. The van der Waals surface area contributed by atoms with E-state index in [1.807, 2.05) is 44.2 Å². The molecule has 1 N–H and O–H groups in total. The third kappa shape index (κ3) is 3.91. The minimum atomic E-state index is -0.673. The van der Waals surface area contributed by atoms with Crippen LogP contribution in [-0.4, -0.2) is 41.2 Å². The van der Waals surface area contributed by atoms with E-state index in [0.717, 1.165) is 34.0 Å². The monoisotopic (exact) mass is 417 g/mol. The topological polar surface area (TPSA) is 82.6 Å². The molecule has 0 fully saturated rings. The number of benzene rings is 2. The Labute approximate surface area is 180 Å². The highest BCUT2D eigenvalue weighted by Crippen LogP contribution is 2.33. The van der Waals surface area contributed by atoms with Crippen molar-refractivity contribution in [3.63, 3.8) is 0 Å². The molecule has 2 atom stereocenters. The largest absolute Gasteiger partial charge is 0.488 e. The Kier molecular flexibility index (Phi) is 4.94. The van der Waals surface area contributed by atoms with Gasteiger partial charge in [-0.1, -0.05) is 12.1 Å². The van der Waals surface area contributed by atoms with Crippen molar-refractivity contribution in [3.05, 3.63) is 65.6 Å². The molecule has 0 saturated carbocycles. The molecule has 1 aromatic heterocycles. The zero-order valence-electron chi connectivity index (χ0n) is 17.4. The van der Waals surface area contributed by atoms with Crippen molar-refractivity contribution >= 4 is 5.91 Å². The maximum absolute atomic E-state index is 12.6. The average molecular weight is 417 g/mol. The SMILES string of the molecule is Cc1cnc(C)c(-c2ccc3c(c2)C[C@@H](CNC(=O)[C@H]2COc4ccccc4O2)O3)n1. The van der Waals surface area contributed by atoms with Crippen LogP contribution in [-0.2, 0) is 11.2 Å². The fraction of sp³-hybridized carbons (Fsp3) is 0.292. The van der Waals surface area contributed by atoms with Gasteiger partial charge in [0, 0.05) is 18.2 Å². The van der Waals surface area contributed by atoms with Gasteiger partial charge in [-0.15, -0.1) is 0 Å². The van der Waals surface area contributed by atoms with Crippen molar-refractivity contribution in [2.75, 3.05) is 13.2 Å². The normalized spacial score (nSPS) is 18.8. The zero-order chi connectivity index (χ0) is 21.4. The number of nitrogens with one attached hydrogen (secondary N) is 1. The number of para-hydroxylation sites is 2. The molecular weight excluding hydrogens is 394 g/mol. The van der Waals surface area contributed by atoms with Crippen molar-refractivity contribution in [1.82, 2.24) is 15.3 Å². The second-order valence-electron chi connectivity index (χ2n) is 7.82. The van der Waals surface area contributed by atoms with E-state index in [9.17, 15) is 4.79 Å². The van der Waals surface area contributed by atoms with Crippen LogP contribution in [0.1, 0.15) is 17.0 Å². The fourth-order valence-electron chi connectivity index (χ4n) is 3.87. The number of aryl methyl sites for hydroxylation is 2. The predicted molar refractivity (Wildman–Crippen MR) is 114 cm³/mol. The molecule has 2 aliphatic rings. The van der Waals surface area contributed by atoms with E-state index in [1.165, 1.54) is 0 Å². The van der Waals surface area contributed by atoms with E-state index >= 15 is 0 Å². The number of hydrogen-bond donors (Lipinski definition) is 1. The Balaban J connectivity index is 1.21. The van der Waals surface area contributed by atoms with Crippen molar-refractivity contribution in [1.29, 1.82) is 0 Å². The van der Waals surface area contributed by atoms with Crippen molar-refractivity contribution < 1.29 is 19.0 Å². The molecule has 0 aliphatic carbocycles. The molecule has 0 saturated heterocycles. The van der Waals surface area contributed by atoms with Gasteiger partial charge in [0.25, 0.3) is 5.91 Å². The van der Waals surface area contributed by atoms with E-state index in [1.54, 1.807) is 12.3 Å². The van der Waals surface area contributed by atoms with Crippen LogP contribution in [0.4, 0.5) is 0 Å². The van der Waals surface area contributed by atoms with Gasteiger partial charge >= 0.3 is 0 Å². The highest BCUT2D eigenvalue weighted by atomic mass is 16.6. The number of aromatic nitrogens is 2. The first-order valence-corrected chi connectivity index (χ1v) is 10.3. The third-order valence-corrected chi connectivity index (χ3v) is 5.46. The summed E-state index contributed by atoms with van der Waals surface area (Å²) in [4.78, 5) is 21.6. The number of rotatable bonds is 4. The van der Waals surface area contributed by atoms with Crippen molar-refractivity contribution in [2.45, 2.75) is 32.5 Å². The summed E-state index contributed by atoms with van der Waals surface area (Å²) in [6.07, 6.45) is 1.68. The maximum atomic E-state index is 12.6. The number of amides is 1. The van der Waals surface area contributed by atoms with Gasteiger partial charge in [-0.2, -0.15) is 0 Å². The molecule has 0 bridgehead atoms. The highest BCUT2D eigenvalue weighted by Gasteiger charge is 2.29. The number of fused-ring (bicyclic) bond motifs is 2. The van der Waals surface area contributed by atoms with Gasteiger partial charge < -0.3 is 19.5 Å². The lowest BCUT2D eigenvalue weighted by Gasteiger charge is -2.25. The third-order valence-electron chi connectivity index (χ3n) is 5.46. The Morgan fingerprint density at radius 1 is 1.10 bits per heavy atom. The summed E-state index contributed by atoms with van der Waals surface area (Å²) in [5, 5.41) is 2.93. The van der Waals surface area contributed by atoms with Gasteiger partial charge in [0.1, 0.15) is 18.5 Å². The molecule has 0 radical (unpaired) electrons. The van der Waals surface area contributed by atoms with Crippen LogP contribution in [0.15, 0.2) is 48.7 Å². The molecule has 2 aliphatic heterocycles. The summed E-state index contributed by atoms with van der Waals surface area (Å²) in [5.74, 6) is 1.87. The smallest absolute Gasteiger partial charge is 0.264 e. The van der Waals surface area contributed by atoms with Crippen molar-refractivity contribution in [2.24, 2.45) is 0 Å². The van der Waals surface area contributed by atoms with Crippen LogP contribution in [0, 0.1) is 13.8 Å². The lowest BCUT2D eigenvalue weighted by Crippen LogP contribution is -2.46. The van der Waals surface area contributed by atoms with E-state index in [-0.39, 0.29) is 18.6 Å². The fourth-order valence-corrected chi connectivity index (χ4v) is 3.87. The number of carbonyl (C=O) groups excluding carboxylic acids is 1. The molecule has 5 rings (SSSR count). The summed E-state index contributed by atoms with van der Waals surface area (Å²) in [6.45, 7) is 4.48. The first-order chi connectivity index (χ1) is 15.1. The Bertz CT molecular complexity index is 1150. The van der Waals surface area contributed by atoms with E-state index in [2.05, 4.69) is 21.4 Å². The molecule has 1 amide bonds. The molecule has 2 aromatic carbocycles. The first-order valence-electron chi connectivity index (χ1n) is 10.3. The van der Waals surface area contributed by atoms with Crippen molar-refractivity contribution in [3.8, 4) is 28.5 Å². The van der Waals surface area contributed by atoms with Gasteiger partial charge in [-0.3, -0.25) is 9.78 Å². The van der Waals surface area contributed by atoms with Gasteiger partial charge in [-0.05, 0) is 49.7 Å². The summed E-state index contributed by atoms with van der Waals surface area (Å²) >= 11 is 0. The minimum Gasteiger partial charge on any atom is -0.488 e. The predicted octanol–water partition coefficient (Wildman–Crippen LogP) is 3.02. The number of carbonyl (C=O) groups is 1. The molecule has 3 aromatic rings. The van der Waals surface area contributed by atoms with Gasteiger partial charge in [-0.25, -0.2) is 4.98 Å². The second kappa shape index (κ2) is 7.91. The number of hydrogen-bond acceptors (Lipinski definition) is 6. The summed E-state index contributed by atoms with van der Waals surface area (Å²) in [6, 6.07) is 13.4. The highest BCUT2D eigenvalue weighted by molar-refractivity contribution is 5.81. The molecule has 0 spiro atoms. The Morgan fingerprint density at radius 2 is 1.94 bits per heavy atom. The quantitative estimate of drug-likeness (QED) is 0.703. The average Bonchev–Trinajstić information content (AvgIpc) is 3.21. The summed E-state index contributed by atoms with van der Waals surface area (Å²) < 4.78 is 17.4. The molecule has 7 heteroatoms. The molecule has 158 valence electrons. The van der Waals surface area contributed by atoms with E-state index in [0.29, 0.717) is 24.5 Å². The van der Waals surface area contributed by atoms with Gasteiger partial charge in [0.2, 0.25) is 6.10 Å². The number of nitrogens with zero attached hydrogens (tertiary/aromatic N) is 2. The van der Waals surface area contributed by atoms with Crippen LogP contribution >= 0.6 is 0 Å². The molecule has 31 heavy (non-hydrogen) atoms. The van der Waals surface area contributed by atoms with Crippen LogP contribution in [0.2, 0.25) is 0 Å². The standard InChI is InChI=1S/C24H23N3O4/c1-14-11-25-15(2)23(27-14)16-7-8-19-17(9-16)10-18(30-19)12-26-24(28)22-13-29-20-5-3-4-6-21(20)31-22/h3-9,11,18,22H,10,12-13H2,1-2H3,(H,26,28)/t18-,22+/m0/s1. The lowest BCUT2D eigenvalue weighted by atomic mass is 10.0. The summed E-state index contributed by atoms with van der Waals surface area (Å²) in [5.41, 5.74) is 4.78. The zero-order valence-corrected chi connectivity index (χ0v) is 17.4. The lowest BCUT2D eigenvalue weighted by molar-refractivity contribution is -0.130. The maximum Gasteiger partial charge on any atom is 0.264 e. The first kappa shape index (κ1) is 19.4. The molecule has 7 nitrogen and oxygen atoms in total. The van der Waals surface area contributed by atoms with E-state index in [4.69, 9.17) is 14.2 Å². The molecular formula is C24H23N3O4. The van der Waals surface area contributed by atoms with Crippen LogP contribution in [0.3, 0.4) is 0 Å². The molecule has 0 unspecified atom stereocenters. The Morgan fingerprint density at radius 3 is 2.81 bits per heavy atom. The molecule has 3 heterocycles. The van der Waals surface area contributed by atoms with Gasteiger partial charge in [0.05, 0.1) is 23.6 Å².